The molecule has 0 fully saturated rings. The SMILES string of the molecule is Cc1c2ccccc2cc[n+]1C.Cc1cc2ccccc2c[n+]1C.Cc1ccc2ccccc2[n+]1C.Cc1ccc2ccccc2c1C.Cc1cccc[n+]1C.Cc1ccccc1C. The standard InChI is InChI=1S/C12H12.3C11H12N.C8H10.C7H10N/c1-9-7-8-11-5-3-4-6-12(11)10(9)2;1-9-7-10-5-3-4-6-11(10)8-12(9)2;1-9-11-6-4-3-5-10(11)7-8-12(9)2;1-9-7-8-10-5-3-4-6-11(10)12(9)2;2*1-7-5-3-4-6-8(7)2/h4*3-8H,1-2H3;2*3-6H,1-2H3/q;3*+1;;+1. The molecule has 4 heterocycles. The molecule has 10 rings (SSSR count). The van der Waals surface area contributed by atoms with Crippen LogP contribution in [0.1, 0.15) is 45.0 Å². The summed E-state index contributed by atoms with van der Waals surface area (Å²) < 4.78 is 8.57. The van der Waals surface area contributed by atoms with Crippen LogP contribution in [0.4, 0.5) is 0 Å². The second-order valence-corrected chi connectivity index (χ2v) is 16.6. The van der Waals surface area contributed by atoms with Gasteiger partial charge in [-0.25, -0.2) is 13.7 Å². The third-order valence-electron chi connectivity index (χ3n) is 12.1. The van der Waals surface area contributed by atoms with Gasteiger partial charge in [-0.3, -0.25) is 0 Å². The first-order valence-corrected chi connectivity index (χ1v) is 22.2. The topological polar surface area (TPSA) is 15.5 Å². The van der Waals surface area contributed by atoms with Crippen molar-refractivity contribution in [3.63, 3.8) is 0 Å². The fourth-order valence-corrected chi connectivity index (χ4v) is 7.12. The number of aromatic nitrogens is 4. The highest BCUT2D eigenvalue weighted by atomic mass is 14.9. The molecule has 0 amide bonds. The Labute approximate surface area is 383 Å². The fraction of sp³-hybridized carbons (Fsp3) is 0.200. The van der Waals surface area contributed by atoms with Crippen molar-refractivity contribution in [2.24, 2.45) is 28.2 Å². The summed E-state index contributed by atoms with van der Waals surface area (Å²) >= 11 is 0. The molecule has 0 radical (unpaired) electrons. The number of para-hydroxylation sites is 1. The summed E-state index contributed by atoms with van der Waals surface area (Å²) in [6, 6.07) is 61.3. The number of fused-ring (bicyclic) bond motifs is 4. The molecule has 0 unspecified atom stereocenters. The maximum atomic E-state index is 2.20. The summed E-state index contributed by atoms with van der Waals surface area (Å²) in [5.41, 5.74) is 12.0. The summed E-state index contributed by atoms with van der Waals surface area (Å²) in [5, 5.41) is 9.26. The lowest BCUT2D eigenvalue weighted by Crippen LogP contribution is -2.32. The Morgan fingerprint density at radius 1 is 0.312 bits per heavy atom. The van der Waals surface area contributed by atoms with Crippen LogP contribution in [0.15, 0.2) is 195 Å². The van der Waals surface area contributed by atoms with Crippen molar-refractivity contribution < 1.29 is 18.3 Å². The molecule has 0 saturated carbocycles. The van der Waals surface area contributed by atoms with E-state index in [1.165, 1.54) is 88.2 Å². The van der Waals surface area contributed by atoms with Crippen molar-refractivity contribution in [2.45, 2.75) is 55.4 Å². The maximum absolute atomic E-state index is 2.20. The van der Waals surface area contributed by atoms with Crippen LogP contribution in [0.25, 0.3) is 43.2 Å². The Morgan fingerprint density at radius 3 is 1.44 bits per heavy atom. The molecule has 0 aliphatic carbocycles. The molecule has 0 bridgehead atoms. The first-order chi connectivity index (χ1) is 30.7. The zero-order chi connectivity index (χ0) is 46.2. The van der Waals surface area contributed by atoms with E-state index in [1.54, 1.807) is 0 Å². The van der Waals surface area contributed by atoms with Crippen molar-refractivity contribution in [1.82, 2.24) is 0 Å². The minimum atomic E-state index is 1.28. The van der Waals surface area contributed by atoms with Gasteiger partial charge in [-0.2, -0.15) is 4.57 Å². The molecular formula is C60H68N4+4. The Bertz CT molecular complexity index is 2750. The normalized spacial score (nSPS) is 10.2. The van der Waals surface area contributed by atoms with Crippen LogP contribution in [0, 0.1) is 55.4 Å². The number of benzene rings is 6. The molecule has 0 aliphatic rings. The second-order valence-electron chi connectivity index (χ2n) is 16.6. The number of pyridine rings is 4. The highest BCUT2D eigenvalue weighted by Gasteiger charge is 2.06. The van der Waals surface area contributed by atoms with Gasteiger partial charge in [0.25, 0.3) is 0 Å². The summed E-state index contributed by atoms with van der Waals surface area (Å²) in [4.78, 5) is 0. The van der Waals surface area contributed by atoms with Gasteiger partial charge < -0.3 is 0 Å². The van der Waals surface area contributed by atoms with E-state index in [1.807, 2.05) is 25.4 Å². The largest absolute Gasteiger partial charge is 0.212 e. The Morgan fingerprint density at radius 2 is 0.828 bits per heavy atom. The quantitative estimate of drug-likeness (QED) is 0.135. The van der Waals surface area contributed by atoms with Crippen molar-refractivity contribution in [3.05, 3.63) is 240 Å². The monoisotopic (exact) mass is 845 g/mol. The molecule has 0 N–H and O–H groups in total. The smallest absolute Gasteiger partial charge is 0.205 e. The minimum absolute atomic E-state index is 1.28. The number of hydrogen-bond donors (Lipinski definition) is 0. The molecule has 4 heteroatoms. The van der Waals surface area contributed by atoms with Crippen LogP contribution in [0.2, 0.25) is 0 Å². The van der Waals surface area contributed by atoms with Gasteiger partial charge in [0.05, 0.1) is 0 Å². The van der Waals surface area contributed by atoms with Crippen LogP contribution >= 0.6 is 0 Å². The molecule has 10 aromatic rings. The summed E-state index contributed by atoms with van der Waals surface area (Å²) in [6.07, 6.45) is 6.29. The van der Waals surface area contributed by atoms with Gasteiger partial charge >= 0.3 is 0 Å². The highest BCUT2D eigenvalue weighted by Crippen LogP contribution is 2.20. The van der Waals surface area contributed by atoms with E-state index in [0.717, 1.165) is 0 Å². The van der Waals surface area contributed by atoms with Crippen LogP contribution in [0.3, 0.4) is 0 Å². The minimum Gasteiger partial charge on any atom is -0.205 e. The lowest BCUT2D eigenvalue weighted by atomic mass is 10.0. The van der Waals surface area contributed by atoms with E-state index in [9.17, 15) is 0 Å². The average molecular weight is 845 g/mol. The predicted molar refractivity (Wildman–Crippen MR) is 271 cm³/mol. The van der Waals surface area contributed by atoms with Gasteiger partial charge in [-0.05, 0) is 95.8 Å². The van der Waals surface area contributed by atoms with Crippen molar-refractivity contribution in [3.8, 4) is 0 Å². The number of aryl methyl sites for hydroxylation is 12. The average Bonchev–Trinajstić information content (AvgIpc) is 3.31. The number of nitrogens with zero attached hydrogens (tertiary/aromatic N) is 4. The molecule has 4 aromatic heterocycles. The van der Waals surface area contributed by atoms with E-state index in [2.05, 4.69) is 271 Å². The van der Waals surface area contributed by atoms with E-state index < -0.39 is 0 Å². The lowest BCUT2D eigenvalue weighted by molar-refractivity contribution is -0.677. The van der Waals surface area contributed by atoms with Gasteiger partial charge in [0.2, 0.25) is 5.52 Å². The van der Waals surface area contributed by atoms with E-state index in [4.69, 9.17) is 0 Å². The second kappa shape index (κ2) is 23.4. The number of hydrogen-bond acceptors (Lipinski definition) is 0. The first kappa shape index (κ1) is 48.0. The molecule has 0 saturated heterocycles. The molecule has 0 spiro atoms. The van der Waals surface area contributed by atoms with E-state index in [0.29, 0.717) is 0 Å². The van der Waals surface area contributed by atoms with Gasteiger partial charge in [0.1, 0.15) is 28.2 Å². The zero-order valence-electron chi connectivity index (χ0n) is 40.3. The van der Waals surface area contributed by atoms with Crippen molar-refractivity contribution in [2.75, 3.05) is 0 Å². The molecule has 64 heavy (non-hydrogen) atoms. The van der Waals surface area contributed by atoms with Gasteiger partial charge in [0, 0.05) is 80.3 Å². The van der Waals surface area contributed by atoms with E-state index >= 15 is 0 Å². The molecule has 0 atom stereocenters. The predicted octanol–water partition coefficient (Wildman–Crippen LogP) is 12.5. The summed E-state index contributed by atoms with van der Waals surface area (Å²) in [7, 11) is 8.27. The van der Waals surface area contributed by atoms with Crippen LogP contribution in [-0.4, -0.2) is 0 Å². The molecule has 6 aromatic carbocycles. The number of rotatable bonds is 0. The van der Waals surface area contributed by atoms with Crippen molar-refractivity contribution in [1.29, 1.82) is 0 Å². The van der Waals surface area contributed by atoms with Crippen LogP contribution in [0.5, 0.6) is 0 Å². The Hall–Kier alpha value is -7.04. The molecule has 4 nitrogen and oxygen atoms in total. The molecule has 0 aliphatic heterocycles. The zero-order valence-corrected chi connectivity index (χ0v) is 40.3. The van der Waals surface area contributed by atoms with Gasteiger partial charge in [-0.1, -0.05) is 115 Å². The fourth-order valence-electron chi connectivity index (χ4n) is 7.12. The lowest BCUT2D eigenvalue weighted by Gasteiger charge is -2.04. The van der Waals surface area contributed by atoms with E-state index in [-0.39, 0.29) is 0 Å². The Balaban J connectivity index is 0.000000146. The third kappa shape index (κ3) is 13.2. The third-order valence-corrected chi connectivity index (χ3v) is 12.1. The summed E-state index contributed by atoms with van der Waals surface area (Å²) in [6.45, 7) is 17.0. The molecular weight excluding hydrogens is 777 g/mol. The summed E-state index contributed by atoms with van der Waals surface area (Å²) in [5.74, 6) is 0. The van der Waals surface area contributed by atoms with Crippen LogP contribution in [-0.2, 0) is 28.2 Å². The molecule has 324 valence electrons. The Kier molecular flexibility index (Phi) is 17.6. The van der Waals surface area contributed by atoms with Crippen LogP contribution < -0.4 is 18.3 Å². The highest BCUT2D eigenvalue weighted by molar-refractivity contribution is 5.86. The van der Waals surface area contributed by atoms with Crippen molar-refractivity contribution >= 4 is 43.2 Å². The van der Waals surface area contributed by atoms with Gasteiger partial charge in [0.15, 0.2) is 41.4 Å². The first-order valence-electron chi connectivity index (χ1n) is 22.2. The van der Waals surface area contributed by atoms with Gasteiger partial charge in [-0.15, -0.1) is 0 Å². The maximum Gasteiger partial charge on any atom is 0.212 e.